The summed E-state index contributed by atoms with van der Waals surface area (Å²) in [6.45, 7) is 7.14. The van der Waals surface area contributed by atoms with Crippen molar-refractivity contribution in [1.82, 2.24) is 10.6 Å². The molecular weight excluding hydrogens is 176 g/mol. The largest absolute Gasteiger partial charge is 0.355 e. The van der Waals surface area contributed by atoms with E-state index in [0.29, 0.717) is 5.92 Å². The third-order valence-corrected chi connectivity index (χ3v) is 2.74. The molecule has 1 rings (SSSR count). The number of carbonyl (C=O) groups is 1. The van der Waals surface area contributed by atoms with Crippen LogP contribution in [0.25, 0.3) is 0 Å². The molecule has 1 atom stereocenters. The fourth-order valence-corrected chi connectivity index (χ4v) is 1.26. The zero-order valence-corrected chi connectivity index (χ0v) is 9.31. The molecule has 1 fully saturated rings. The second kappa shape index (κ2) is 6.02. The summed E-state index contributed by atoms with van der Waals surface area (Å²) in [6, 6.07) is 0. The number of hydrogen-bond donors (Lipinski definition) is 2. The zero-order chi connectivity index (χ0) is 10.4. The van der Waals surface area contributed by atoms with Crippen LogP contribution >= 0.6 is 0 Å². The van der Waals surface area contributed by atoms with Gasteiger partial charge < -0.3 is 10.6 Å². The van der Waals surface area contributed by atoms with Crippen molar-refractivity contribution in [2.75, 3.05) is 19.6 Å². The summed E-state index contributed by atoms with van der Waals surface area (Å²) in [5, 5.41) is 6.27. The van der Waals surface area contributed by atoms with E-state index >= 15 is 0 Å². The molecule has 0 spiro atoms. The summed E-state index contributed by atoms with van der Waals surface area (Å²) in [6.07, 6.45) is 3.39. The average molecular weight is 198 g/mol. The molecule has 14 heavy (non-hydrogen) atoms. The number of amides is 1. The Kier molecular flexibility index (Phi) is 4.94. The minimum atomic E-state index is 0.246. The Morgan fingerprint density at radius 2 is 2.14 bits per heavy atom. The van der Waals surface area contributed by atoms with E-state index in [1.54, 1.807) is 0 Å². The van der Waals surface area contributed by atoms with Crippen LogP contribution < -0.4 is 10.6 Å². The maximum atomic E-state index is 11.2. The lowest BCUT2D eigenvalue weighted by atomic mass is 10.1. The molecule has 0 aromatic carbocycles. The van der Waals surface area contributed by atoms with Crippen molar-refractivity contribution >= 4 is 5.91 Å². The molecular formula is C11H22N2O. The number of carbonyl (C=O) groups excluding carboxylic acids is 1. The summed E-state index contributed by atoms with van der Waals surface area (Å²) in [5.41, 5.74) is 0. The molecule has 1 aliphatic rings. The van der Waals surface area contributed by atoms with Gasteiger partial charge in [-0.2, -0.15) is 0 Å². The molecule has 1 saturated carbocycles. The molecule has 2 N–H and O–H groups in total. The van der Waals surface area contributed by atoms with Crippen LogP contribution in [0, 0.1) is 11.8 Å². The zero-order valence-electron chi connectivity index (χ0n) is 9.31. The van der Waals surface area contributed by atoms with E-state index in [1.165, 1.54) is 6.42 Å². The van der Waals surface area contributed by atoms with E-state index in [0.717, 1.165) is 38.4 Å². The highest BCUT2D eigenvalue weighted by molar-refractivity contribution is 5.80. The molecule has 1 aliphatic carbocycles. The molecule has 0 radical (unpaired) electrons. The molecule has 82 valence electrons. The van der Waals surface area contributed by atoms with Crippen molar-refractivity contribution in [3.05, 3.63) is 0 Å². The van der Waals surface area contributed by atoms with E-state index < -0.39 is 0 Å². The maximum absolute atomic E-state index is 11.2. The molecule has 3 nitrogen and oxygen atoms in total. The van der Waals surface area contributed by atoms with Gasteiger partial charge in [-0.1, -0.05) is 20.3 Å². The van der Waals surface area contributed by atoms with Gasteiger partial charge in [-0.25, -0.2) is 0 Å². The number of rotatable bonds is 7. The van der Waals surface area contributed by atoms with E-state index in [-0.39, 0.29) is 5.91 Å². The van der Waals surface area contributed by atoms with Gasteiger partial charge in [0.05, 0.1) is 0 Å². The van der Waals surface area contributed by atoms with Gasteiger partial charge in [-0.15, -0.1) is 0 Å². The van der Waals surface area contributed by atoms with Crippen LogP contribution in [0.15, 0.2) is 0 Å². The van der Waals surface area contributed by atoms with Gasteiger partial charge in [0.25, 0.3) is 0 Å². The van der Waals surface area contributed by atoms with Crippen LogP contribution in [0.1, 0.15) is 33.1 Å². The number of nitrogens with one attached hydrogen (secondary N) is 2. The summed E-state index contributed by atoms with van der Waals surface area (Å²) >= 11 is 0. The molecule has 0 aliphatic heterocycles. The van der Waals surface area contributed by atoms with Crippen molar-refractivity contribution in [3.63, 3.8) is 0 Å². The lowest BCUT2D eigenvalue weighted by molar-refractivity contribution is -0.122. The Morgan fingerprint density at radius 1 is 1.43 bits per heavy atom. The highest BCUT2D eigenvalue weighted by atomic mass is 16.2. The summed E-state index contributed by atoms with van der Waals surface area (Å²) in [5.74, 6) is 1.31. The van der Waals surface area contributed by atoms with Gasteiger partial charge in [0.2, 0.25) is 5.91 Å². The van der Waals surface area contributed by atoms with Crippen LogP contribution in [0.3, 0.4) is 0 Å². The standard InChI is InChI=1S/C11H22N2O/c1-3-9(2)8-12-6-7-13-11(14)10-4-5-10/h9-10,12H,3-8H2,1-2H3,(H,13,14). The second-order valence-electron chi connectivity index (χ2n) is 4.28. The minimum Gasteiger partial charge on any atom is -0.355 e. The van der Waals surface area contributed by atoms with Gasteiger partial charge >= 0.3 is 0 Å². The van der Waals surface area contributed by atoms with Crippen molar-refractivity contribution in [2.45, 2.75) is 33.1 Å². The first-order chi connectivity index (χ1) is 6.74. The van der Waals surface area contributed by atoms with Crippen LogP contribution in [0.2, 0.25) is 0 Å². The Labute approximate surface area is 86.6 Å². The first-order valence-corrected chi connectivity index (χ1v) is 5.72. The van der Waals surface area contributed by atoms with Crippen LogP contribution in [-0.4, -0.2) is 25.5 Å². The monoisotopic (exact) mass is 198 g/mol. The predicted octanol–water partition coefficient (Wildman–Crippen LogP) is 1.15. The SMILES string of the molecule is CCC(C)CNCCNC(=O)C1CC1. The second-order valence-corrected chi connectivity index (χ2v) is 4.28. The third kappa shape index (κ3) is 4.61. The number of hydrogen-bond acceptors (Lipinski definition) is 2. The van der Waals surface area contributed by atoms with E-state index in [9.17, 15) is 4.79 Å². The summed E-state index contributed by atoms with van der Waals surface area (Å²) < 4.78 is 0. The lowest BCUT2D eigenvalue weighted by Crippen LogP contribution is -2.34. The average Bonchev–Trinajstić information content (AvgIpc) is 2.99. The summed E-state index contributed by atoms with van der Waals surface area (Å²) in [7, 11) is 0. The molecule has 1 amide bonds. The molecule has 0 aromatic heterocycles. The molecule has 0 bridgehead atoms. The predicted molar refractivity (Wildman–Crippen MR) is 58.1 cm³/mol. The first kappa shape index (κ1) is 11.5. The Hall–Kier alpha value is -0.570. The maximum Gasteiger partial charge on any atom is 0.223 e. The molecule has 1 unspecified atom stereocenters. The molecule has 3 heteroatoms. The molecule has 0 heterocycles. The van der Waals surface area contributed by atoms with Crippen molar-refractivity contribution in [3.8, 4) is 0 Å². The highest BCUT2D eigenvalue weighted by Crippen LogP contribution is 2.28. The van der Waals surface area contributed by atoms with Gasteiger partial charge in [0.1, 0.15) is 0 Å². The van der Waals surface area contributed by atoms with Crippen molar-refractivity contribution < 1.29 is 4.79 Å². The van der Waals surface area contributed by atoms with Crippen molar-refractivity contribution in [2.24, 2.45) is 11.8 Å². The Balaban J connectivity index is 1.86. The van der Waals surface area contributed by atoms with Crippen LogP contribution in [0.5, 0.6) is 0 Å². The van der Waals surface area contributed by atoms with Crippen LogP contribution in [-0.2, 0) is 4.79 Å². The van der Waals surface area contributed by atoms with E-state index in [1.807, 2.05) is 0 Å². The van der Waals surface area contributed by atoms with E-state index in [2.05, 4.69) is 24.5 Å². The quantitative estimate of drug-likeness (QED) is 0.602. The van der Waals surface area contributed by atoms with Gasteiger partial charge in [-0.3, -0.25) is 4.79 Å². The Morgan fingerprint density at radius 3 is 2.71 bits per heavy atom. The fourth-order valence-electron chi connectivity index (χ4n) is 1.26. The van der Waals surface area contributed by atoms with Gasteiger partial charge in [-0.05, 0) is 25.3 Å². The smallest absolute Gasteiger partial charge is 0.223 e. The normalized spacial score (nSPS) is 17.9. The minimum absolute atomic E-state index is 0.246. The fraction of sp³-hybridized carbons (Fsp3) is 0.909. The first-order valence-electron chi connectivity index (χ1n) is 5.72. The lowest BCUT2D eigenvalue weighted by Gasteiger charge is -2.10. The molecule has 0 aromatic rings. The Bertz CT molecular complexity index is 178. The van der Waals surface area contributed by atoms with Crippen LogP contribution in [0.4, 0.5) is 0 Å². The highest BCUT2D eigenvalue weighted by Gasteiger charge is 2.28. The third-order valence-electron chi connectivity index (χ3n) is 2.74. The molecule has 0 saturated heterocycles. The summed E-state index contributed by atoms with van der Waals surface area (Å²) in [4.78, 5) is 11.2. The van der Waals surface area contributed by atoms with Gasteiger partial charge in [0.15, 0.2) is 0 Å². The van der Waals surface area contributed by atoms with Gasteiger partial charge in [0, 0.05) is 19.0 Å². The topological polar surface area (TPSA) is 41.1 Å². The van der Waals surface area contributed by atoms with Crippen molar-refractivity contribution in [1.29, 1.82) is 0 Å². The van der Waals surface area contributed by atoms with E-state index in [4.69, 9.17) is 0 Å².